The average Bonchev–Trinajstić information content (AvgIpc) is 2.48. The molecular weight excluding hydrogens is 266 g/mol. The van der Waals surface area contributed by atoms with E-state index in [0.717, 1.165) is 17.7 Å². The Morgan fingerprint density at radius 1 is 1.29 bits per heavy atom. The first kappa shape index (κ1) is 13.4. The number of benzene rings is 1. The lowest BCUT2D eigenvalue weighted by Crippen LogP contribution is -2.37. The van der Waals surface area contributed by atoms with Crippen LogP contribution in [0.4, 0.5) is 5.69 Å². The summed E-state index contributed by atoms with van der Waals surface area (Å²) in [5.74, 6) is 0.282. The lowest BCUT2D eigenvalue weighted by atomic mass is 9.99. The van der Waals surface area contributed by atoms with Gasteiger partial charge in [-0.3, -0.25) is 9.78 Å². The van der Waals surface area contributed by atoms with E-state index in [1.807, 2.05) is 6.07 Å². The van der Waals surface area contributed by atoms with Gasteiger partial charge in [-0.1, -0.05) is 6.07 Å². The highest BCUT2D eigenvalue weighted by Gasteiger charge is 2.21. The second-order valence-corrected chi connectivity index (χ2v) is 5.28. The number of nitrogens with two attached hydrogens (primary N) is 1. The van der Waals surface area contributed by atoms with Gasteiger partial charge in [0.25, 0.3) is 0 Å². The third kappa shape index (κ3) is 2.97. The van der Waals surface area contributed by atoms with Crippen LogP contribution in [0.5, 0.6) is 5.75 Å². The molecular formula is C16H17N3O2. The van der Waals surface area contributed by atoms with E-state index in [1.54, 1.807) is 35.4 Å². The molecule has 0 saturated heterocycles. The first-order chi connectivity index (χ1) is 10.1. The van der Waals surface area contributed by atoms with Crippen LogP contribution in [0.3, 0.4) is 0 Å². The molecule has 2 aromatic rings. The summed E-state index contributed by atoms with van der Waals surface area (Å²) in [7, 11) is 0. The van der Waals surface area contributed by atoms with Crippen molar-refractivity contribution in [2.24, 2.45) is 0 Å². The summed E-state index contributed by atoms with van der Waals surface area (Å²) in [5, 5.41) is 9.55. The molecule has 3 rings (SSSR count). The Kier molecular flexibility index (Phi) is 3.48. The second-order valence-electron chi connectivity index (χ2n) is 5.28. The number of anilines is 1. The number of aromatic nitrogens is 1. The van der Waals surface area contributed by atoms with Crippen LogP contribution < -0.4 is 5.73 Å². The quantitative estimate of drug-likeness (QED) is 0.875. The molecule has 21 heavy (non-hydrogen) atoms. The number of hydrogen-bond donors (Lipinski definition) is 2. The van der Waals surface area contributed by atoms with E-state index in [1.165, 1.54) is 5.56 Å². The number of nitrogen functional groups attached to an aromatic ring is 1. The van der Waals surface area contributed by atoms with E-state index in [4.69, 9.17) is 5.73 Å². The largest absolute Gasteiger partial charge is 0.508 e. The highest BCUT2D eigenvalue weighted by Crippen LogP contribution is 2.23. The highest BCUT2D eigenvalue weighted by molar-refractivity contribution is 5.78. The van der Waals surface area contributed by atoms with Crippen LogP contribution >= 0.6 is 0 Å². The molecule has 5 heteroatoms. The Labute approximate surface area is 123 Å². The molecule has 108 valence electrons. The summed E-state index contributed by atoms with van der Waals surface area (Å²) in [6.07, 6.45) is 2.65. The third-order valence-electron chi connectivity index (χ3n) is 3.73. The maximum Gasteiger partial charge on any atom is 0.228 e. The van der Waals surface area contributed by atoms with Gasteiger partial charge in [-0.2, -0.15) is 0 Å². The van der Waals surface area contributed by atoms with Crippen molar-refractivity contribution >= 4 is 11.6 Å². The number of pyridine rings is 1. The standard InChI is InChI=1S/C16H17N3O2/c17-13-2-3-14(18-9-13)8-16(21)19-6-5-11-1-4-15(20)7-12(11)10-19/h1-4,7,9,20H,5-6,8,10,17H2. The van der Waals surface area contributed by atoms with Gasteiger partial charge in [0.15, 0.2) is 0 Å². The fourth-order valence-corrected chi connectivity index (χ4v) is 2.56. The summed E-state index contributed by atoms with van der Waals surface area (Å²) >= 11 is 0. The molecule has 0 atom stereocenters. The molecule has 0 fully saturated rings. The Bertz CT molecular complexity index is 668. The van der Waals surface area contributed by atoms with Gasteiger partial charge in [-0.25, -0.2) is 0 Å². The molecule has 0 spiro atoms. The van der Waals surface area contributed by atoms with E-state index in [2.05, 4.69) is 4.98 Å². The van der Waals surface area contributed by atoms with Gasteiger partial charge >= 0.3 is 0 Å². The number of amides is 1. The molecule has 3 N–H and O–H groups in total. The number of fused-ring (bicyclic) bond motifs is 1. The van der Waals surface area contributed by atoms with Crippen LogP contribution in [0.1, 0.15) is 16.8 Å². The van der Waals surface area contributed by atoms with Crippen molar-refractivity contribution in [1.82, 2.24) is 9.88 Å². The van der Waals surface area contributed by atoms with E-state index in [-0.39, 0.29) is 18.1 Å². The topological polar surface area (TPSA) is 79.5 Å². The second kappa shape index (κ2) is 5.44. The molecule has 0 saturated carbocycles. The van der Waals surface area contributed by atoms with Crippen molar-refractivity contribution in [2.45, 2.75) is 19.4 Å². The zero-order valence-corrected chi connectivity index (χ0v) is 11.6. The maximum absolute atomic E-state index is 12.3. The minimum Gasteiger partial charge on any atom is -0.508 e. The molecule has 0 unspecified atom stereocenters. The van der Waals surface area contributed by atoms with Gasteiger partial charge in [0.1, 0.15) is 5.75 Å². The first-order valence-corrected chi connectivity index (χ1v) is 6.91. The van der Waals surface area contributed by atoms with Gasteiger partial charge in [-0.15, -0.1) is 0 Å². The number of carbonyl (C=O) groups is 1. The van der Waals surface area contributed by atoms with Gasteiger partial charge in [-0.05, 0) is 41.8 Å². The van der Waals surface area contributed by atoms with E-state index in [9.17, 15) is 9.90 Å². The van der Waals surface area contributed by atoms with Crippen molar-refractivity contribution in [3.05, 3.63) is 53.3 Å². The lowest BCUT2D eigenvalue weighted by molar-refractivity contribution is -0.131. The van der Waals surface area contributed by atoms with Crippen molar-refractivity contribution in [1.29, 1.82) is 0 Å². The van der Waals surface area contributed by atoms with Crippen LogP contribution in [-0.2, 0) is 24.2 Å². The van der Waals surface area contributed by atoms with Gasteiger partial charge < -0.3 is 15.7 Å². The molecule has 1 amide bonds. The summed E-state index contributed by atoms with van der Waals surface area (Å²) in [6.45, 7) is 1.24. The fourth-order valence-electron chi connectivity index (χ4n) is 2.56. The van der Waals surface area contributed by atoms with Gasteiger partial charge in [0, 0.05) is 18.8 Å². The van der Waals surface area contributed by atoms with Crippen molar-refractivity contribution < 1.29 is 9.90 Å². The summed E-state index contributed by atoms with van der Waals surface area (Å²) in [4.78, 5) is 18.3. The zero-order valence-electron chi connectivity index (χ0n) is 11.6. The highest BCUT2D eigenvalue weighted by atomic mass is 16.3. The molecule has 1 aromatic carbocycles. The number of nitrogens with zero attached hydrogens (tertiary/aromatic N) is 2. The molecule has 0 radical (unpaired) electrons. The number of rotatable bonds is 2. The molecule has 1 aromatic heterocycles. The maximum atomic E-state index is 12.3. The number of aromatic hydroxyl groups is 1. The Morgan fingerprint density at radius 2 is 2.14 bits per heavy atom. The average molecular weight is 283 g/mol. The lowest BCUT2D eigenvalue weighted by Gasteiger charge is -2.29. The predicted octanol–water partition coefficient (Wildman–Crippen LogP) is 1.50. The zero-order chi connectivity index (χ0) is 14.8. The van der Waals surface area contributed by atoms with E-state index >= 15 is 0 Å². The van der Waals surface area contributed by atoms with Crippen molar-refractivity contribution in [2.75, 3.05) is 12.3 Å². The molecule has 5 nitrogen and oxygen atoms in total. The minimum absolute atomic E-state index is 0.0428. The fraction of sp³-hybridized carbons (Fsp3) is 0.250. The molecule has 1 aliphatic heterocycles. The first-order valence-electron chi connectivity index (χ1n) is 6.91. The number of phenolic OH excluding ortho intramolecular Hbond substituents is 1. The van der Waals surface area contributed by atoms with Crippen LogP contribution in [0.15, 0.2) is 36.5 Å². The summed E-state index contributed by atoms with van der Waals surface area (Å²) in [6, 6.07) is 8.87. The number of phenols is 1. The normalized spacial score (nSPS) is 13.8. The summed E-state index contributed by atoms with van der Waals surface area (Å²) < 4.78 is 0. The molecule has 0 aliphatic carbocycles. The van der Waals surface area contributed by atoms with Gasteiger partial charge in [0.2, 0.25) is 5.91 Å². The summed E-state index contributed by atoms with van der Waals surface area (Å²) in [5.41, 5.74) is 9.11. The van der Waals surface area contributed by atoms with Crippen LogP contribution in [0.25, 0.3) is 0 Å². The Balaban J connectivity index is 1.70. The van der Waals surface area contributed by atoms with E-state index < -0.39 is 0 Å². The minimum atomic E-state index is 0.0428. The molecule has 2 heterocycles. The Hall–Kier alpha value is -2.56. The van der Waals surface area contributed by atoms with Crippen LogP contribution in [-0.4, -0.2) is 27.4 Å². The predicted molar refractivity (Wildman–Crippen MR) is 79.6 cm³/mol. The number of carbonyl (C=O) groups excluding carboxylic acids is 1. The molecule has 1 aliphatic rings. The number of hydrogen-bond acceptors (Lipinski definition) is 4. The molecule has 0 bridgehead atoms. The SMILES string of the molecule is Nc1ccc(CC(=O)N2CCc3ccc(O)cc3C2)nc1. The van der Waals surface area contributed by atoms with Crippen molar-refractivity contribution in [3.63, 3.8) is 0 Å². The van der Waals surface area contributed by atoms with E-state index in [0.29, 0.717) is 18.8 Å². The van der Waals surface area contributed by atoms with Gasteiger partial charge in [0.05, 0.1) is 18.3 Å². The Morgan fingerprint density at radius 3 is 2.90 bits per heavy atom. The van der Waals surface area contributed by atoms with Crippen LogP contribution in [0.2, 0.25) is 0 Å². The van der Waals surface area contributed by atoms with Crippen LogP contribution in [0, 0.1) is 0 Å². The monoisotopic (exact) mass is 283 g/mol. The third-order valence-corrected chi connectivity index (χ3v) is 3.73. The van der Waals surface area contributed by atoms with Crippen molar-refractivity contribution in [3.8, 4) is 5.75 Å². The smallest absolute Gasteiger partial charge is 0.228 e.